The average Bonchev–Trinajstić information content (AvgIpc) is 2.81. The van der Waals surface area contributed by atoms with E-state index in [2.05, 4.69) is 20.3 Å². The zero-order chi connectivity index (χ0) is 17.5. The van der Waals surface area contributed by atoms with Gasteiger partial charge in [-0.1, -0.05) is 6.07 Å². The van der Waals surface area contributed by atoms with Crippen LogP contribution in [0, 0.1) is 13.8 Å². The highest BCUT2D eigenvalue weighted by Crippen LogP contribution is 2.29. The van der Waals surface area contributed by atoms with Gasteiger partial charge in [-0.2, -0.15) is 5.11 Å². The molecule has 124 valence electrons. The Morgan fingerprint density at radius 2 is 1.92 bits per heavy atom. The lowest BCUT2D eigenvalue weighted by atomic mass is 10.3. The predicted molar refractivity (Wildman–Crippen MR) is 88.9 cm³/mol. The molecule has 2 aromatic heterocycles. The normalized spacial score (nSPS) is 12.3. The fourth-order valence-electron chi connectivity index (χ4n) is 2.25. The Balaban J connectivity index is 2.07. The first-order chi connectivity index (χ1) is 11.3. The topological polar surface area (TPSA) is 141 Å². The van der Waals surface area contributed by atoms with Crippen molar-refractivity contribution >= 4 is 32.9 Å². The number of azo groups is 1. The molecule has 0 aliphatic rings. The second kappa shape index (κ2) is 5.65. The molecule has 0 atom stereocenters. The standard InChI is InChI=1S/C14H15N7O2S/c1-8-6-9(2)21-14(17-8)12(13(15)20-21)19-18-10-4-3-5-11(7-10)24(16,22)23/h3-7H,1-2H3,(H2,15,20)(H2,16,22,23). The van der Waals surface area contributed by atoms with Crippen molar-refractivity contribution in [1.82, 2.24) is 14.6 Å². The number of hydrogen-bond acceptors (Lipinski definition) is 7. The summed E-state index contributed by atoms with van der Waals surface area (Å²) in [6.07, 6.45) is 0. The number of benzene rings is 1. The first kappa shape index (κ1) is 16.0. The number of aromatic nitrogens is 3. The Kier molecular flexibility index (Phi) is 3.78. The maximum atomic E-state index is 11.4. The minimum Gasteiger partial charge on any atom is -0.380 e. The number of nitrogens with two attached hydrogens (primary N) is 2. The van der Waals surface area contributed by atoms with Crippen molar-refractivity contribution in [3.8, 4) is 0 Å². The van der Waals surface area contributed by atoms with E-state index in [1.165, 1.54) is 18.2 Å². The van der Waals surface area contributed by atoms with Gasteiger partial charge in [0.25, 0.3) is 0 Å². The van der Waals surface area contributed by atoms with E-state index in [9.17, 15) is 8.42 Å². The first-order valence-electron chi connectivity index (χ1n) is 6.93. The third kappa shape index (κ3) is 2.96. The van der Waals surface area contributed by atoms with Gasteiger partial charge in [0.2, 0.25) is 10.0 Å². The van der Waals surface area contributed by atoms with E-state index in [0.717, 1.165) is 11.4 Å². The Morgan fingerprint density at radius 1 is 1.17 bits per heavy atom. The smallest absolute Gasteiger partial charge is 0.238 e. The van der Waals surface area contributed by atoms with E-state index in [4.69, 9.17) is 10.9 Å². The molecule has 3 rings (SSSR count). The highest BCUT2D eigenvalue weighted by Gasteiger charge is 2.13. The summed E-state index contributed by atoms with van der Waals surface area (Å²) in [6, 6.07) is 7.71. The summed E-state index contributed by atoms with van der Waals surface area (Å²) in [7, 11) is -3.81. The molecule has 10 heteroatoms. The Labute approximate surface area is 138 Å². The van der Waals surface area contributed by atoms with Gasteiger partial charge in [0.15, 0.2) is 17.2 Å². The molecular formula is C14H15N7O2S. The maximum absolute atomic E-state index is 11.4. The van der Waals surface area contributed by atoms with E-state index in [0.29, 0.717) is 17.0 Å². The fourth-order valence-corrected chi connectivity index (χ4v) is 2.81. The summed E-state index contributed by atoms with van der Waals surface area (Å²) in [6.45, 7) is 3.73. The van der Waals surface area contributed by atoms with Crippen LogP contribution in [0.5, 0.6) is 0 Å². The number of primary sulfonamides is 1. The molecule has 24 heavy (non-hydrogen) atoms. The fraction of sp³-hybridized carbons (Fsp3) is 0.143. The lowest BCUT2D eigenvalue weighted by Crippen LogP contribution is -2.11. The third-order valence-electron chi connectivity index (χ3n) is 3.31. The summed E-state index contributed by atoms with van der Waals surface area (Å²) in [5.41, 5.74) is 8.68. The molecule has 2 heterocycles. The second-order valence-corrected chi connectivity index (χ2v) is 6.81. The van der Waals surface area contributed by atoms with Gasteiger partial charge in [0, 0.05) is 11.4 Å². The van der Waals surface area contributed by atoms with Crippen molar-refractivity contribution in [3.05, 3.63) is 41.7 Å². The van der Waals surface area contributed by atoms with Crippen LogP contribution >= 0.6 is 0 Å². The van der Waals surface area contributed by atoms with Crippen molar-refractivity contribution in [2.24, 2.45) is 15.4 Å². The molecule has 0 aliphatic carbocycles. The van der Waals surface area contributed by atoms with Gasteiger partial charge in [-0.05, 0) is 38.1 Å². The first-order valence-corrected chi connectivity index (χ1v) is 8.47. The summed E-state index contributed by atoms with van der Waals surface area (Å²) < 4.78 is 24.3. The monoisotopic (exact) mass is 345 g/mol. The van der Waals surface area contributed by atoms with Crippen LogP contribution in [0.1, 0.15) is 11.4 Å². The minimum absolute atomic E-state index is 0.0448. The molecule has 9 nitrogen and oxygen atoms in total. The second-order valence-electron chi connectivity index (χ2n) is 5.25. The number of aryl methyl sites for hydroxylation is 2. The molecule has 0 saturated carbocycles. The molecule has 0 unspecified atom stereocenters. The van der Waals surface area contributed by atoms with Gasteiger partial charge in [-0.15, -0.1) is 10.2 Å². The Hall–Kier alpha value is -2.85. The van der Waals surface area contributed by atoms with Crippen molar-refractivity contribution in [1.29, 1.82) is 0 Å². The lowest BCUT2D eigenvalue weighted by Gasteiger charge is -2.00. The quantitative estimate of drug-likeness (QED) is 0.698. The summed E-state index contributed by atoms with van der Waals surface area (Å²) in [5, 5.41) is 17.4. The molecule has 0 bridgehead atoms. The molecule has 0 saturated heterocycles. The van der Waals surface area contributed by atoms with Crippen LogP contribution in [0.2, 0.25) is 0 Å². The van der Waals surface area contributed by atoms with E-state index in [-0.39, 0.29) is 10.7 Å². The molecular weight excluding hydrogens is 330 g/mol. The zero-order valence-corrected chi connectivity index (χ0v) is 13.8. The number of anilines is 1. The van der Waals surface area contributed by atoms with Crippen LogP contribution < -0.4 is 10.9 Å². The average molecular weight is 345 g/mol. The SMILES string of the molecule is Cc1cc(C)n2nc(N)c(N=Nc3cccc(S(N)(=O)=O)c3)c2n1. The molecule has 3 aromatic rings. The lowest BCUT2D eigenvalue weighted by molar-refractivity contribution is 0.598. The molecule has 0 spiro atoms. The van der Waals surface area contributed by atoms with Gasteiger partial charge in [-0.25, -0.2) is 23.1 Å². The molecule has 1 aromatic carbocycles. The molecule has 0 amide bonds. The van der Waals surface area contributed by atoms with Crippen LogP contribution in [-0.2, 0) is 10.0 Å². The number of fused-ring (bicyclic) bond motifs is 1. The number of rotatable bonds is 3. The van der Waals surface area contributed by atoms with Gasteiger partial charge >= 0.3 is 0 Å². The van der Waals surface area contributed by atoms with E-state index < -0.39 is 10.0 Å². The zero-order valence-electron chi connectivity index (χ0n) is 13.0. The third-order valence-corrected chi connectivity index (χ3v) is 4.22. The van der Waals surface area contributed by atoms with E-state index >= 15 is 0 Å². The number of nitrogens with zero attached hydrogens (tertiary/aromatic N) is 5. The summed E-state index contributed by atoms with van der Waals surface area (Å²) >= 11 is 0. The molecule has 0 fully saturated rings. The van der Waals surface area contributed by atoms with Crippen molar-refractivity contribution < 1.29 is 8.42 Å². The predicted octanol–water partition coefficient (Wildman–Crippen LogP) is 1.99. The molecule has 0 radical (unpaired) electrons. The van der Waals surface area contributed by atoms with Crippen LogP contribution in [0.25, 0.3) is 5.65 Å². The molecule has 4 N–H and O–H groups in total. The van der Waals surface area contributed by atoms with Gasteiger partial charge in [0.1, 0.15) is 0 Å². The largest absolute Gasteiger partial charge is 0.380 e. The number of sulfonamides is 1. The van der Waals surface area contributed by atoms with Gasteiger partial charge < -0.3 is 5.73 Å². The minimum atomic E-state index is -3.81. The number of hydrogen-bond donors (Lipinski definition) is 2. The summed E-state index contributed by atoms with van der Waals surface area (Å²) in [5.74, 6) is 0.183. The van der Waals surface area contributed by atoms with Gasteiger partial charge in [-0.3, -0.25) is 0 Å². The number of nitrogen functional groups attached to an aromatic ring is 1. The van der Waals surface area contributed by atoms with Crippen molar-refractivity contribution in [2.45, 2.75) is 18.7 Å². The van der Waals surface area contributed by atoms with Crippen molar-refractivity contribution in [2.75, 3.05) is 5.73 Å². The van der Waals surface area contributed by atoms with Crippen molar-refractivity contribution in [3.63, 3.8) is 0 Å². The maximum Gasteiger partial charge on any atom is 0.238 e. The van der Waals surface area contributed by atoms with Gasteiger partial charge in [0.05, 0.1) is 10.6 Å². The van der Waals surface area contributed by atoms with Crippen LogP contribution in [-0.4, -0.2) is 23.0 Å². The van der Waals surface area contributed by atoms with E-state index in [1.54, 1.807) is 10.6 Å². The Bertz CT molecular complexity index is 1070. The molecule has 0 aliphatic heterocycles. The Morgan fingerprint density at radius 3 is 2.62 bits per heavy atom. The highest BCUT2D eigenvalue weighted by atomic mass is 32.2. The van der Waals surface area contributed by atoms with Crippen LogP contribution in [0.15, 0.2) is 45.5 Å². The summed E-state index contributed by atoms with van der Waals surface area (Å²) in [4.78, 5) is 4.33. The van der Waals surface area contributed by atoms with Crippen LogP contribution in [0.4, 0.5) is 17.2 Å². The highest BCUT2D eigenvalue weighted by molar-refractivity contribution is 7.89. The van der Waals surface area contributed by atoms with E-state index in [1.807, 2.05) is 19.9 Å². The van der Waals surface area contributed by atoms with Crippen LogP contribution in [0.3, 0.4) is 0 Å².